The zero-order valence-electron chi connectivity index (χ0n) is 11.7. The van der Waals surface area contributed by atoms with E-state index < -0.39 is 0 Å². The zero-order chi connectivity index (χ0) is 13.5. The Kier molecular flexibility index (Phi) is 5.07. The average Bonchev–Trinajstić information content (AvgIpc) is 3.23. The molecule has 4 nitrogen and oxygen atoms in total. The molecule has 19 heavy (non-hydrogen) atoms. The largest absolute Gasteiger partial charge is 0.375 e. The number of para-hydroxylation sites is 1. The second kappa shape index (κ2) is 7.02. The molecule has 1 saturated carbocycles. The van der Waals surface area contributed by atoms with Gasteiger partial charge in [-0.15, -0.1) is 0 Å². The van der Waals surface area contributed by atoms with E-state index in [4.69, 9.17) is 5.73 Å². The highest BCUT2D eigenvalue weighted by Crippen LogP contribution is 2.18. The van der Waals surface area contributed by atoms with Crippen LogP contribution in [0.5, 0.6) is 0 Å². The summed E-state index contributed by atoms with van der Waals surface area (Å²) in [6.07, 6.45) is 4.67. The number of anilines is 1. The van der Waals surface area contributed by atoms with Crippen LogP contribution < -0.4 is 16.0 Å². The molecule has 4 heteroatoms. The van der Waals surface area contributed by atoms with Crippen LogP contribution in [0.4, 0.5) is 5.69 Å². The molecule has 2 rings (SSSR count). The normalized spacial score (nSPS) is 15.3. The highest BCUT2D eigenvalue weighted by atomic mass is 15.1. The lowest BCUT2D eigenvalue weighted by Gasteiger charge is -2.18. The number of hydrogen-bond donors (Lipinski definition) is 2. The first-order valence-corrected chi connectivity index (χ1v) is 7.08. The van der Waals surface area contributed by atoms with E-state index in [1.165, 1.54) is 18.5 Å². The van der Waals surface area contributed by atoms with Crippen LogP contribution in [-0.4, -0.2) is 32.1 Å². The molecule has 104 valence electrons. The van der Waals surface area contributed by atoms with Crippen molar-refractivity contribution < 1.29 is 0 Å². The summed E-state index contributed by atoms with van der Waals surface area (Å²) in [7, 11) is 2.13. The van der Waals surface area contributed by atoms with E-state index in [9.17, 15) is 0 Å². The van der Waals surface area contributed by atoms with Crippen LogP contribution in [0.1, 0.15) is 25.7 Å². The minimum Gasteiger partial charge on any atom is -0.375 e. The molecule has 1 aromatic carbocycles. The number of nitrogens with one attached hydrogen (secondary N) is 1. The van der Waals surface area contributed by atoms with Gasteiger partial charge in [0, 0.05) is 31.9 Å². The van der Waals surface area contributed by atoms with Crippen molar-refractivity contribution in [3.63, 3.8) is 0 Å². The van der Waals surface area contributed by atoms with Gasteiger partial charge in [-0.2, -0.15) is 0 Å². The highest BCUT2D eigenvalue weighted by Gasteiger charge is 2.21. The van der Waals surface area contributed by atoms with Gasteiger partial charge in [-0.1, -0.05) is 18.2 Å². The van der Waals surface area contributed by atoms with E-state index in [1.807, 2.05) is 6.07 Å². The molecule has 1 aliphatic rings. The fraction of sp³-hybridized carbons (Fsp3) is 0.533. The van der Waals surface area contributed by atoms with E-state index in [1.54, 1.807) is 0 Å². The minimum atomic E-state index is 0.591. The van der Waals surface area contributed by atoms with Crippen molar-refractivity contribution in [1.82, 2.24) is 5.32 Å². The van der Waals surface area contributed by atoms with E-state index in [0.29, 0.717) is 12.0 Å². The fourth-order valence-corrected chi connectivity index (χ4v) is 1.95. The molecule has 3 N–H and O–H groups in total. The summed E-state index contributed by atoms with van der Waals surface area (Å²) in [6, 6.07) is 11.0. The molecule has 1 aliphatic carbocycles. The summed E-state index contributed by atoms with van der Waals surface area (Å²) < 4.78 is 0. The van der Waals surface area contributed by atoms with Crippen molar-refractivity contribution in [3.8, 4) is 0 Å². The van der Waals surface area contributed by atoms with Gasteiger partial charge in [-0.3, -0.25) is 4.99 Å². The first kappa shape index (κ1) is 13.7. The van der Waals surface area contributed by atoms with E-state index >= 15 is 0 Å². The monoisotopic (exact) mass is 260 g/mol. The van der Waals surface area contributed by atoms with Crippen LogP contribution in [0, 0.1) is 0 Å². The third kappa shape index (κ3) is 5.20. The first-order valence-electron chi connectivity index (χ1n) is 7.08. The summed E-state index contributed by atoms with van der Waals surface area (Å²) in [5.74, 6) is 0.610. The maximum Gasteiger partial charge on any atom is 0.188 e. The maximum atomic E-state index is 5.78. The Labute approximate surface area is 115 Å². The molecule has 0 heterocycles. The van der Waals surface area contributed by atoms with Gasteiger partial charge < -0.3 is 16.0 Å². The molecule has 0 radical (unpaired) electrons. The molecule has 1 fully saturated rings. The van der Waals surface area contributed by atoms with Gasteiger partial charge in [0.1, 0.15) is 0 Å². The van der Waals surface area contributed by atoms with E-state index in [-0.39, 0.29) is 0 Å². The van der Waals surface area contributed by atoms with Crippen molar-refractivity contribution in [1.29, 1.82) is 0 Å². The number of guanidine groups is 1. The predicted molar refractivity (Wildman–Crippen MR) is 81.6 cm³/mol. The molecule has 0 saturated heterocycles. The van der Waals surface area contributed by atoms with E-state index in [0.717, 1.165) is 25.9 Å². The molecule has 0 aliphatic heterocycles. The molecule has 0 spiro atoms. The molecule has 0 amide bonds. The maximum absolute atomic E-state index is 5.78. The lowest BCUT2D eigenvalue weighted by molar-refractivity contribution is 0.724. The van der Waals surface area contributed by atoms with Crippen molar-refractivity contribution in [2.24, 2.45) is 10.7 Å². The zero-order valence-corrected chi connectivity index (χ0v) is 11.7. The van der Waals surface area contributed by atoms with Crippen molar-refractivity contribution in [3.05, 3.63) is 30.3 Å². The summed E-state index contributed by atoms with van der Waals surface area (Å²) in [6.45, 7) is 1.86. The average molecular weight is 260 g/mol. The lowest BCUT2D eigenvalue weighted by atomic mass is 10.2. The van der Waals surface area contributed by atoms with Gasteiger partial charge in [0.2, 0.25) is 0 Å². The Hall–Kier alpha value is -1.71. The van der Waals surface area contributed by atoms with Crippen LogP contribution in [-0.2, 0) is 0 Å². The molecule has 0 bridgehead atoms. The lowest BCUT2D eigenvalue weighted by Crippen LogP contribution is -2.33. The smallest absolute Gasteiger partial charge is 0.188 e. The molecule has 0 aromatic heterocycles. The number of rotatable bonds is 7. The van der Waals surface area contributed by atoms with Crippen LogP contribution in [0.3, 0.4) is 0 Å². The Morgan fingerprint density at radius 2 is 2.05 bits per heavy atom. The number of unbranched alkanes of at least 4 members (excludes halogenated alkanes) is 1. The van der Waals surface area contributed by atoms with Crippen LogP contribution in [0.15, 0.2) is 35.3 Å². The molecular weight excluding hydrogens is 236 g/mol. The summed E-state index contributed by atoms with van der Waals surface area (Å²) in [4.78, 5) is 6.61. The number of aliphatic imine (C=N–C) groups is 1. The van der Waals surface area contributed by atoms with Gasteiger partial charge >= 0.3 is 0 Å². The number of nitrogens with zero attached hydrogens (tertiary/aromatic N) is 2. The Morgan fingerprint density at radius 3 is 2.74 bits per heavy atom. The summed E-state index contributed by atoms with van der Waals surface area (Å²) in [5.41, 5.74) is 7.04. The Bertz CT molecular complexity index is 398. The third-order valence-corrected chi connectivity index (χ3v) is 3.31. The van der Waals surface area contributed by atoms with Crippen LogP contribution >= 0.6 is 0 Å². The SMILES string of the molecule is CN(CCCCN=C(N)NC1CC1)c1ccccc1. The fourth-order valence-electron chi connectivity index (χ4n) is 1.95. The van der Waals surface area contributed by atoms with Crippen molar-refractivity contribution in [2.45, 2.75) is 31.7 Å². The van der Waals surface area contributed by atoms with Gasteiger partial charge in [-0.05, 0) is 37.8 Å². The Morgan fingerprint density at radius 1 is 1.32 bits per heavy atom. The molecule has 0 atom stereocenters. The first-order chi connectivity index (χ1) is 9.25. The number of hydrogen-bond acceptors (Lipinski definition) is 2. The van der Waals surface area contributed by atoms with Crippen LogP contribution in [0.25, 0.3) is 0 Å². The standard InChI is InChI=1S/C15H24N4/c1-19(14-7-3-2-4-8-14)12-6-5-11-17-15(16)18-13-9-10-13/h2-4,7-8,13H,5-6,9-12H2,1H3,(H3,16,17,18). The molecule has 1 aromatic rings. The Balaban J connectivity index is 1.58. The molecular formula is C15H24N4. The number of benzene rings is 1. The predicted octanol–water partition coefficient (Wildman–Crippen LogP) is 1.97. The minimum absolute atomic E-state index is 0.591. The summed E-state index contributed by atoms with van der Waals surface area (Å²) >= 11 is 0. The van der Waals surface area contributed by atoms with Gasteiger partial charge in [-0.25, -0.2) is 0 Å². The topological polar surface area (TPSA) is 53.6 Å². The quantitative estimate of drug-likeness (QED) is 0.448. The van der Waals surface area contributed by atoms with Gasteiger partial charge in [0.05, 0.1) is 0 Å². The van der Waals surface area contributed by atoms with Crippen molar-refractivity contribution >= 4 is 11.6 Å². The van der Waals surface area contributed by atoms with Crippen molar-refractivity contribution in [2.75, 3.05) is 25.0 Å². The second-order valence-electron chi connectivity index (χ2n) is 5.15. The highest BCUT2D eigenvalue weighted by molar-refractivity contribution is 5.78. The second-order valence-corrected chi connectivity index (χ2v) is 5.15. The van der Waals surface area contributed by atoms with Gasteiger partial charge in [0.15, 0.2) is 5.96 Å². The van der Waals surface area contributed by atoms with Crippen LogP contribution in [0.2, 0.25) is 0 Å². The summed E-state index contributed by atoms with van der Waals surface area (Å²) in [5, 5.41) is 3.20. The van der Waals surface area contributed by atoms with Gasteiger partial charge in [0.25, 0.3) is 0 Å². The molecule has 0 unspecified atom stereocenters. The number of nitrogens with two attached hydrogens (primary N) is 1. The van der Waals surface area contributed by atoms with E-state index in [2.05, 4.69) is 46.5 Å². The third-order valence-electron chi connectivity index (χ3n) is 3.31.